The van der Waals surface area contributed by atoms with Crippen LogP contribution in [0.2, 0.25) is 0 Å². The Kier molecular flexibility index (Phi) is 5.26. The second-order valence-electron chi connectivity index (χ2n) is 12.5. The summed E-state index contributed by atoms with van der Waals surface area (Å²) in [5, 5.41) is 0. The van der Waals surface area contributed by atoms with Gasteiger partial charge >= 0.3 is 0 Å². The van der Waals surface area contributed by atoms with E-state index in [9.17, 15) is 9.59 Å². The van der Waals surface area contributed by atoms with Crippen molar-refractivity contribution in [3.8, 4) is 0 Å². The number of carbonyl (C=O) groups is 2. The molecule has 3 saturated carbocycles. The van der Waals surface area contributed by atoms with Gasteiger partial charge in [-0.1, -0.05) is 13.8 Å². The number of carbonyl (C=O) groups excluding carboxylic acids is 2. The first-order chi connectivity index (χ1) is 14.7. The van der Waals surface area contributed by atoms with Crippen molar-refractivity contribution in [2.24, 2.45) is 34.5 Å². The van der Waals surface area contributed by atoms with Gasteiger partial charge in [-0.2, -0.15) is 0 Å². The molecule has 0 aromatic rings. The Morgan fingerprint density at radius 2 is 1.55 bits per heavy atom. The van der Waals surface area contributed by atoms with Crippen LogP contribution in [0.25, 0.3) is 0 Å². The Labute approximate surface area is 189 Å². The maximum atomic E-state index is 13.9. The minimum absolute atomic E-state index is 0.175. The predicted molar refractivity (Wildman–Crippen MR) is 123 cm³/mol. The van der Waals surface area contributed by atoms with E-state index in [1.165, 1.54) is 44.9 Å². The van der Waals surface area contributed by atoms with E-state index < -0.39 is 0 Å². The van der Waals surface area contributed by atoms with Crippen molar-refractivity contribution >= 4 is 11.8 Å². The molecule has 174 valence electrons. The standard InChI is InChI=1S/C27H44N2O2/c1-17-7-6-8-18(2)29(17)25(31)22-11-10-20-19-9-12-23-27(4,16-14-24(30)28(23)5)21(19)13-15-26(20,22)3/h17-23H,6-16H2,1-5H3/t17?,18?,19-,20-,21-,22+,23+,26-,27+/m0/s1. The van der Waals surface area contributed by atoms with Gasteiger partial charge < -0.3 is 9.80 Å². The molecule has 5 fully saturated rings. The molecule has 0 aromatic carbocycles. The number of rotatable bonds is 1. The summed E-state index contributed by atoms with van der Waals surface area (Å²) >= 11 is 0. The van der Waals surface area contributed by atoms with Crippen molar-refractivity contribution in [1.29, 1.82) is 0 Å². The summed E-state index contributed by atoms with van der Waals surface area (Å²) in [5.74, 6) is 3.21. The van der Waals surface area contributed by atoms with E-state index >= 15 is 0 Å². The van der Waals surface area contributed by atoms with Crippen LogP contribution in [0.3, 0.4) is 0 Å². The summed E-state index contributed by atoms with van der Waals surface area (Å²) in [4.78, 5) is 30.7. The summed E-state index contributed by atoms with van der Waals surface area (Å²) in [5.41, 5.74) is 0.444. The zero-order valence-corrected chi connectivity index (χ0v) is 20.5. The predicted octanol–water partition coefficient (Wildman–Crippen LogP) is 5.26. The smallest absolute Gasteiger partial charge is 0.226 e. The summed E-state index contributed by atoms with van der Waals surface area (Å²) in [6.45, 7) is 9.51. The highest BCUT2D eigenvalue weighted by Crippen LogP contribution is 2.66. The molecule has 0 aromatic heterocycles. The number of nitrogens with zero attached hydrogens (tertiary/aromatic N) is 2. The molecular formula is C27H44N2O2. The molecule has 2 aliphatic heterocycles. The average Bonchev–Trinajstić information content (AvgIpc) is 3.08. The molecule has 4 heteroatoms. The van der Waals surface area contributed by atoms with Crippen molar-refractivity contribution in [3.63, 3.8) is 0 Å². The first-order valence-electron chi connectivity index (χ1n) is 13.3. The van der Waals surface area contributed by atoms with Crippen molar-refractivity contribution in [2.75, 3.05) is 7.05 Å². The molecule has 0 N–H and O–H groups in total. The molecule has 5 aliphatic rings. The van der Waals surface area contributed by atoms with Gasteiger partial charge in [0.15, 0.2) is 0 Å². The Balaban J connectivity index is 1.39. The van der Waals surface area contributed by atoms with Crippen LogP contribution in [0.15, 0.2) is 0 Å². The van der Waals surface area contributed by atoms with E-state index in [-0.39, 0.29) is 16.7 Å². The van der Waals surface area contributed by atoms with E-state index in [0.29, 0.717) is 35.9 Å². The van der Waals surface area contributed by atoms with Crippen molar-refractivity contribution < 1.29 is 9.59 Å². The van der Waals surface area contributed by atoms with Crippen LogP contribution in [0.4, 0.5) is 0 Å². The summed E-state index contributed by atoms with van der Waals surface area (Å²) in [6, 6.07) is 1.23. The van der Waals surface area contributed by atoms with E-state index in [0.717, 1.165) is 37.5 Å². The van der Waals surface area contributed by atoms with E-state index in [1.807, 2.05) is 7.05 Å². The molecule has 0 bridgehead atoms. The summed E-state index contributed by atoms with van der Waals surface area (Å²) in [6.07, 6.45) is 12.6. The van der Waals surface area contributed by atoms with Gasteiger partial charge in [-0.3, -0.25) is 9.59 Å². The van der Waals surface area contributed by atoms with Crippen LogP contribution in [0.1, 0.15) is 98.3 Å². The fraction of sp³-hybridized carbons (Fsp3) is 0.926. The Bertz CT molecular complexity index is 742. The van der Waals surface area contributed by atoms with Crippen LogP contribution in [0, 0.1) is 34.5 Å². The number of piperidine rings is 2. The van der Waals surface area contributed by atoms with Gasteiger partial charge in [0.2, 0.25) is 11.8 Å². The SMILES string of the molecule is CC1CCCC(C)N1C(=O)[C@H]1CC[C@H]2[C@@H]3CC[C@H]4N(C)C(=O)CC[C@]4(C)[C@H]3CC[C@]12C. The number of likely N-dealkylation sites (tertiary alicyclic amines) is 2. The fourth-order valence-corrected chi connectivity index (χ4v) is 9.59. The number of fused-ring (bicyclic) bond motifs is 5. The normalized spacial score (nSPS) is 50.0. The quantitative estimate of drug-likeness (QED) is 0.572. The van der Waals surface area contributed by atoms with Gasteiger partial charge in [0, 0.05) is 37.5 Å². The van der Waals surface area contributed by atoms with Crippen LogP contribution >= 0.6 is 0 Å². The molecule has 0 radical (unpaired) electrons. The van der Waals surface area contributed by atoms with E-state index in [1.54, 1.807) is 0 Å². The van der Waals surface area contributed by atoms with Crippen LogP contribution < -0.4 is 0 Å². The van der Waals surface area contributed by atoms with Gasteiger partial charge in [0.25, 0.3) is 0 Å². The molecule has 4 nitrogen and oxygen atoms in total. The largest absolute Gasteiger partial charge is 0.342 e. The van der Waals surface area contributed by atoms with Crippen molar-refractivity contribution in [1.82, 2.24) is 9.80 Å². The van der Waals surface area contributed by atoms with Gasteiger partial charge in [0.1, 0.15) is 0 Å². The first-order valence-corrected chi connectivity index (χ1v) is 13.3. The molecule has 0 spiro atoms. The second-order valence-corrected chi connectivity index (χ2v) is 12.5. The van der Waals surface area contributed by atoms with Gasteiger partial charge in [-0.05, 0) is 107 Å². The fourth-order valence-electron chi connectivity index (χ4n) is 9.59. The average molecular weight is 429 g/mol. The van der Waals surface area contributed by atoms with Crippen molar-refractivity contribution in [3.05, 3.63) is 0 Å². The molecule has 2 unspecified atom stereocenters. The lowest BCUT2D eigenvalue weighted by Gasteiger charge is -2.61. The zero-order chi connectivity index (χ0) is 22.1. The summed E-state index contributed by atoms with van der Waals surface area (Å²) in [7, 11) is 2.04. The lowest BCUT2D eigenvalue weighted by Crippen LogP contribution is -2.61. The Hall–Kier alpha value is -1.06. The van der Waals surface area contributed by atoms with Crippen LogP contribution in [-0.4, -0.2) is 46.8 Å². The second kappa shape index (κ2) is 7.48. The minimum atomic E-state index is 0.175. The summed E-state index contributed by atoms with van der Waals surface area (Å²) < 4.78 is 0. The highest BCUT2D eigenvalue weighted by molar-refractivity contribution is 5.81. The molecule has 2 amide bonds. The highest BCUT2D eigenvalue weighted by atomic mass is 16.2. The zero-order valence-electron chi connectivity index (χ0n) is 20.5. The van der Waals surface area contributed by atoms with E-state index in [4.69, 9.17) is 0 Å². The topological polar surface area (TPSA) is 40.6 Å². The molecule has 2 saturated heterocycles. The molecule has 2 heterocycles. The van der Waals surface area contributed by atoms with Gasteiger partial charge in [-0.15, -0.1) is 0 Å². The minimum Gasteiger partial charge on any atom is -0.342 e. The molecule has 5 rings (SSSR count). The van der Waals surface area contributed by atoms with E-state index in [2.05, 4.69) is 37.5 Å². The number of hydrogen-bond donors (Lipinski definition) is 0. The van der Waals surface area contributed by atoms with Crippen LogP contribution in [-0.2, 0) is 9.59 Å². The molecule has 31 heavy (non-hydrogen) atoms. The molecule has 3 aliphatic carbocycles. The first kappa shape index (κ1) is 21.8. The van der Waals surface area contributed by atoms with Crippen LogP contribution in [0.5, 0.6) is 0 Å². The highest BCUT2D eigenvalue weighted by Gasteiger charge is 2.62. The van der Waals surface area contributed by atoms with Gasteiger partial charge in [-0.25, -0.2) is 0 Å². The monoisotopic (exact) mass is 428 g/mol. The Morgan fingerprint density at radius 3 is 2.26 bits per heavy atom. The third-order valence-electron chi connectivity index (χ3n) is 11.3. The van der Waals surface area contributed by atoms with Gasteiger partial charge in [0.05, 0.1) is 0 Å². The third-order valence-corrected chi connectivity index (χ3v) is 11.3. The molecule has 9 atom stereocenters. The lowest BCUT2D eigenvalue weighted by molar-refractivity contribution is -0.162. The maximum absolute atomic E-state index is 13.9. The molecular weight excluding hydrogens is 384 g/mol. The number of amides is 2. The maximum Gasteiger partial charge on any atom is 0.226 e. The third kappa shape index (κ3) is 3.05. The van der Waals surface area contributed by atoms with Crippen molar-refractivity contribution in [2.45, 2.75) is 116 Å². The number of hydrogen-bond acceptors (Lipinski definition) is 2. The Morgan fingerprint density at radius 1 is 0.871 bits per heavy atom. The lowest BCUT2D eigenvalue weighted by atomic mass is 9.47.